The van der Waals surface area contributed by atoms with Crippen LogP contribution in [0.3, 0.4) is 0 Å². The summed E-state index contributed by atoms with van der Waals surface area (Å²) in [6, 6.07) is 21.3. The van der Waals surface area contributed by atoms with Crippen molar-refractivity contribution in [2.24, 2.45) is 0 Å². The molecule has 10 heteroatoms. The number of rotatable bonds is 7. The molecule has 0 saturated carbocycles. The Morgan fingerprint density at radius 1 is 0.941 bits per heavy atom. The Hall–Kier alpha value is -4.70. The Morgan fingerprint density at radius 3 is 2.38 bits per heavy atom. The topological polar surface area (TPSA) is 124 Å². The van der Waals surface area contributed by atoms with Crippen molar-refractivity contribution in [2.45, 2.75) is 0 Å². The lowest BCUT2D eigenvalue weighted by Gasteiger charge is -2.07. The number of esters is 1. The van der Waals surface area contributed by atoms with Crippen LogP contribution in [-0.2, 0) is 4.79 Å². The van der Waals surface area contributed by atoms with E-state index in [2.05, 4.69) is 15.5 Å². The van der Waals surface area contributed by atoms with Gasteiger partial charge < -0.3 is 4.74 Å². The maximum absolute atomic E-state index is 12.4. The minimum atomic E-state index is -0.501. The number of para-hydroxylation sites is 1. The minimum absolute atomic E-state index is 0.0262. The molecular weight excluding hydrogens is 456 g/mol. The summed E-state index contributed by atoms with van der Waals surface area (Å²) in [7, 11) is 0. The molecule has 1 amide bonds. The molecule has 0 radical (unpaired) electrons. The van der Waals surface area contributed by atoms with Crippen LogP contribution in [0.2, 0.25) is 0 Å². The molecule has 0 aliphatic heterocycles. The van der Waals surface area contributed by atoms with E-state index >= 15 is 0 Å². The number of amides is 1. The maximum Gasteiger partial charge on any atom is 0.343 e. The first-order valence-electron chi connectivity index (χ1n) is 9.93. The van der Waals surface area contributed by atoms with Crippen molar-refractivity contribution in [1.29, 1.82) is 0 Å². The first-order chi connectivity index (χ1) is 16.5. The standard InChI is InChI=1S/C24H16N4O5S/c29-21(25-24-27-26-22(34-24)17-10-13-19(14-11-17)28(31)32)15-12-16-6-4-5-9-20(16)33-23(30)18-7-2-1-3-8-18/h1-15H,(H,25,27,29)/b15-12+. The Labute approximate surface area is 197 Å². The second-order valence-corrected chi connectivity index (χ2v) is 7.81. The highest BCUT2D eigenvalue weighted by Gasteiger charge is 2.12. The van der Waals surface area contributed by atoms with Crippen LogP contribution in [0, 0.1) is 10.1 Å². The van der Waals surface area contributed by atoms with E-state index in [9.17, 15) is 19.7 Å². The number of carbonyl (C=O) groups excluding carboxylic acids is 2. The first kappa shape index (κ1) is 22.5. The van der Waals surface area contributed by atoms with Crippen molar-refractivity contribution in [3.63, 3.8) is 0 Å². The highest BCUT2D eigenvalue weighted by molar-refractivity contribution is 7.18. The Morgan fingerprint density at radius 2 is 1.65 bits per heavy atom. The van der Waals surface area contributed by atoms with Gasteiger partial charge in [-0.3, -0.25) is 20.2 Å². The molecule has 0 unspecified atom stereocenters. The number of nitrogens with one attached hydrogen (secondary N) is 1. The van der Waals surface area contributed by atoms with Crippen molar-refractivity contribution in [2.75, 3.05) is 5.32 Å². The quantitative estimate of drug-likeness (QED) is 0.132. The van der Waals surface area contributed by atoms with Crippen LogP contribution in [0.1, 0.15) is 15.9 Å². The third kappa shape index (κ3) is 5.56. The van der Waals surface area contributed by atoms with Gasteiger partial charge in [-0.15, -0.1) is 10.2 Å². The van der Waals surface area contributed by atoms with Gasteiger partial charge in [0.25, 0.3) is 5.69 Å². The summed E-state index contributed by atoms with van der Waals surface area (Å²) in [5, 5.41) is 22.1. The fraction of sp³-hybridized carbons (Fsp3) is 0. The molecule has 0 spiro atoms. The van der Waals surface area contributed by atoms with E-state index in [1.807, 2.05) is 0 Å². The number of anilines is 1. The molecular formula is C24H16N4O5S. The van der Waals surface area contributed by atoms with E-state index in [0.717, 1.165) is 11.3 Å². The number of nitro groups is 1. The molecule has 0 bridgehead atoms. The number of hydrogen-bond donors (Lipinski definition) is 1. The normalized spacial score (nSPS) is 10.7. The van der Waals surface area contributed by atoms with Crippen LogP contribution >= 0.6 is 11.3 Å². The van der Waals surface area contributed by atoms with Gasteiger partial charge in [0, 0.05) is 29.3 Å². The van der Waals surface area contributed by atoms with E-state index in [4.69, 9.17) is 4.74 Å². The molecule has 0 aliphatic carbocycles. The second-order valence-electron chi connectivity index (χ2n) is 6.83. The third-order valence-electron chi connectivity index (χ3n) is 4.53. The van der Waals surface area contributed by atoms with Crippen LogP contribution in [0.4, 0.5) is 10.8 Å². The molecule has 0 atom stereocenters. The van der Waals surface area contributed by atoms with E-state index in [0.29, 0.717) is 27.4 Å². The molecule has 34 heavy (non-hydrogen) atoms. The summed E-state index contributed by atoms with van der Waals surface area (Å²) < 4.78 is 5.47. The zero-order chi connectivity index (χ0) is 23.9. The van der Waals surface area contributed by atoms with Gasteiger partial charge in [-0.1, -0.05) is 47.7 Å². The largest absolute Gasteiger partial charge is 0.422 e. The van der Waals surface area contributed by atoms with Gasteiger partial charge in [0.05, 0.1) is 10.5 Å². The Kier molecular flexibility index (Phi) is 6.80. The van der Waals surface area contributed by atoms with Crippen LogP contribution in [0.5, 0.6) is 5.75 Å². The maximum atomic E-state index is 12.4. The zero-order valence-electron chi connectivity index (χ0n) is 17.5. The average molecular weight is 472 g/mol. The Balaban J connectivity index is 1.41. The second kappa shape index (κ2) is 10.3. The van der Waals surface area contributed by atoms with Gasteiger partial charge in [0.1, 0.15) is 10.8 Å². The number of aromatic nitrogens is 2. The lowest BCUT2D eigenvalue weighted by atomic mass is 10.2. The smallest absolute Gasteiger partial charge is 0.343 e. The van der Waals surface area contributed by atoms with E-state index < -0.39 is 16.8 Å². The van der Waals surface area contributed by atoms with Gasteiger partial charge in [-0.25, -0.2) is 4.79 Å². The van der Waals surface area contributed by atoms with Crippen LogP contribution < -0.4 is 10.1 Å². The monoisotopic (exact) mass is 472 g/mol. The average Bonchev–Trinajstić information content (AvgIpc) is 3.32. The van der Waals surface area contributed by atoms with Crippen LogP contribution in [-0.4, -0.2) is 27.0 Å². The molecule has 4 rings (SSSR count). The molecule has 3 aromatic carbocycles. The van der Waals surface area contributed by atoms with Gasteiger partial charge in [0.2, 0.25) is 11.0 Å². The van der Waals surface area contributed by atoms with Crippen LogP contribution in [0.25, 0.3) is 16.6 Å². The highest BCUT2D eigenvalue weighted by atomic mass is 32.1. The Bertz CT molecular complexity index is 1370. The van der Waals surface area contributed by atoms with E-state index in [1.165, 1.54) is 24.3 Å². The molecule has 1 aromatic heterocycles. The summed E-state index contributed by atoms with van der Waals surface area (Å²) in [5.41, 5.74) is 1.58. The lowest BCUT2D eigenvalue weighted by molar-refractivity contribution is -0.384. The highest BCUT2D eigenvalue weighted by Crippen LogP contribution is 2.28. The van der Waals surface area contributed by atoms with Crippen molar-refractivity contribution < 1.29 is 19.2 Å². The minimum Gasteiger partial charge on any atom is -0.422 e. The summed E-state index contributed by atoms with van der Waals surface area (Å²) in [6.07, 6.45) is 2.82. The van der Waals surface area contributed by atoms with Crippen molar-refractivity contribution in [3.8, 4) is 16.3 Å². The van der Waals surface area contributed by atoms with Crippen molar-refractivity contribution in [1.82, 2.24) is 10.2 Å². The summed E-state index contributed by atoms with van der Waals surface area (Å²) in [6.45, 7) is 0. The van der Waals surface area contributed by atoms with E-state index in [-0.39, 0.29) is 10.8 Å². The molecule has 4 aromatic rings. The molecule has 168 valence electrons. The van der Waals surface area contributed by atoms with Gasteiger partial charge >= 0.3 is 5.97 Å². The molecule has 0 fully saturated rings. The number of nitro benzene ring substituents is 1. The van der Waals surface area contributed by atoms with Gasteiger partial charge in [0.15, 0.2) is 0 Å². The van der Waals surface area contributed by atoms with Crippen molar-refractivity contribution >= 4 is 40.1 Å². The predicted molar refractivity (Wildman–Crippen MR) is 128 cm³/mol. The zero-order valence-corrected chi connectivity index (χ0v) is 18.3. The first-order valence-corrected chi connectivity index (χ1v) is 10.7. The van der Waals surface area contributed by atoms with Gasteiger partial charge in [-0.05, 0) is 36.4 Å². The molecule has 1 N–H and O–H groups in total. The molecule has 0 saturated heterocycles. The number of benzene rings is 3. The number of carbonyl (C=O) groups is 2. The SMILES string of the molecule is O=C(/C=C/c1ccccc1OC(=O)c1ccccc1)Nc1nnc(-c2ccc([N+](=O)[O-])cc2)s1. The number of nitrogens with zero attached hydrogens (tertiary/aromatic N) is 3. The fourth-order valence-corrected chi connectivity index (χ4v) is 3.62. The molecule has 0 aliphatic rings. The molecule has 9 nitrogen and oxygen atoms in total. The van der Waals surface area contributed by atoms with E-state index in [1.54, 1.807) is 66.7 Å². The van der Waals surface area contributed by atoms with Gasteiger partial charge in [-0.2, -0.15) is 0 Å². The van der Waals surface area contributed by atoms with Crippen molar-refractivity contribution in [3.05, 3.63) is 106 Å². The summed E-state index contributed by atoms with van der Waals surface area (Å²) in [5.74, 6) is -0.633. The number of ether oxygens (including phenoxy) is 1. The van der Waals surface area contributed by atoms with Crippen LogP contribution in [0.15, 0.2) is 84.9 Å². The molecule has 1 heterocycles. The number of hydrogen-bond acceptors (Lipinski definition) is 8. The lowest BCUT2D eigenvalue weighted by Crippen LogP contribution is -2.09. The summed E-state index contributed by atoms with van der Waals surface area (Å²) in [4.78, 5) is 35.0. The summed E-state index contributed by atoms with van der Waals surface area (Å²) >= 11 is 1.13. The third-order valence-corrected chi connectivity index (χ3v) is 5.41. The predicted octanol–water partition coefficient (Wildman–Crippen LogP) is 4.98. The number of non-ortho nitro benzene ring substituents is 1. The fourth-order valence-electron chi connectivity index (χ4n) is 2.87.